The van der Waals surface area contributed by atoms with E-state index in [1.807, 2.05) is 49.4 Å². The number of halogens is 2. The van der Waals surface area contributed by atoms with E-state index in [2.05, 4.69) is 22.6 Å². The highest BCUT2D eigenvalue weighted by atomic mass is 127. The lowest BCUT2D eigenvalue weighted by molar-refractivity contribution is -0.113. The second-order valence-corrected chi connectivity index (χ2v) is 9.63. The molecule has 0 atom stereocenters. The van der Waals surface area contributed by atoms with E-state index in [9.17, 15) is 9.59 Å². The number of ether oxygens (including phenoxy) is 2. The number of amides is 2. The van der Waals surface area contributed by atoms with E-state index in [1.165, 1.54) is 0 Å². The lowest BCUT2D eigenvalue weighted by Crippen LogP contribution is -2.27. The van der Waals surface area contributed by atoms with E-state index in [1.54, 1.807) is 30.3 Å². The standard InChI is InChI=1S/C25H19ClINO4S/c1-2-31-21-12-17(11-20(27)23(21)32-15-16-7-4-3-5-8-16)13-22-24(29)28(25(30)33-22)19-10-6-9-18(26)14-19/h3-14H,2,15H2,1H3/b22-13+. The Morgan fingerprint density at radius 1 is 1.03 bits per heavy atom. The van der Waals surface area contributed by atoms with Crippen molar-refractivity contribution < 1.29 is 19.1 Å². The van der Waals surface area contributed by atoms with Crippen LogP contribution in [0.3, 0.4) is 0 Å². The summed E-state index contributed by atoms with van der Waals surface area (Å²) in [7, 11) is 0. The molecule has 2 amide bonds. The predicted molar refractivity (Wildman–Crippen MR) is 141 cm³/mol. The van der Waals surface area contributed by atoms with Gasteiger partial charge in [-0.15, -0.1) is 0 Å². The molecule has 168 valence electrons. The van der Waals surface area contributed by atoms with Gasteiger partial charge in [0.15, 0.2) is 11.5 Å². The van der Waals surface area contributed by atoms with Crippen LogP contribution < -0.4 is 14.4 Å². The Kier molecular flexibility index (Phi) is 7.62. The highest BCUT2D eigenvalue weighted by Gasteiger charge is 2.36. The van der Waals surface area contributed by atoms with Crippen LogP contribution in [-0.2, 0) is 11.4 Å². The van der Waals surface area contributed by atoms with Crippen LogP contribution in [0.25, 0.3) is 6.08 Å². The first-order valence-corrected chi connectivity index (χ1v) is 12.4. The van der Waals surface area contributed by atoms with Crippen LogP contribution in [0.15, 0.2) is 71.6 Å². The van der Waals surface area contributed by atoms with Crippen LogP contribution >= 0.6 is 46.0 Å². The number of imide groups is 1. The van der Waals surface area contributed by atoms with Gasteiger partial charge in [0.1, 0.15) is 6.61 Å². The average molecular weight is 592 g/mol. The fourth-order valence-electron chi connectivity index (χ4n) is 3.26. The van der Waals surface area contributed by atoms with E-state index >= 15 is 0 Å². The Bertz CT molecular complexity index is 1230. The minimum Gasteiger partial charge on any atom is -0.490 e. The number of carbonyl (C=O) groups is 2. The zero-order valence-electron chi connectivity index (χ0n) is 17.6. The smallest absolute Gasteiger partial charge is 0.298 e. The molecular weight excluding hydrogens is 573 g/mol. The average Bonchev–Trinajstić information content (AvgIpc) is 3.07. The molecule has 1 aliphatic rings. The lowest BCUT2D eigenvalue weighted by atomic mass is 10.1. The summed E-state index contributed by atoms with van der Waals surface area (Å²) in [5, 5.41) is 0.0913. The van der Waals surface area contributed by atoms with Gasteiger partial charge < -0.3 is 9.47 Å². The summed E-state index contributed by atoms with van der Waals surface area (Å²) in [5.74, 6) is 0.843. The van der Waals surface area contributed by atoms with Crippen molar-refractivity contribution in [3.05, 3.63) is 91.4 Å². The molecule has 0 bridgehead atoms. The lowest BCUT2D eigenvalue weighted by Gasteiger charge is -2.15. The number of rotatable bonds is 7. The van der Waals surface area contributed by atoms with E-state index in [0.717, 1.165) is 31.4 Å². The van der Waals surface area contributed by atoms with Gasteiger partial charge in [0.05, 0.1) is 20.8 Å². The van der Waals surface area contributed by atoms with Gasteiger partial charge in [-0.25, -0.2) is 4.90 Å². The molecule has 0 saturated carbocycles. The molecule has 1 heterocycles. The molecule has 8 heteroatoms. The van der Waals surface area contributed by atoms with Crippen molar-refractivity contribution in [1.82, 2.24) is 0 Å². The molecule has 3 aromatic rings. The third-order valence-electron chi connectivity index (χ3n) is 4.72. The van der Waals surface area contributed by atoms with Crippen LogP contribution in [0, 0.1) is 3.57 Å². The summed E-state index contributed by atoms with van der Waals surface area (Å²) in [5.41, 5.74) is 2.24. The molecular formula is C25H19ClINO4S. The summed E-state index contributed by atoms with van der Waals surface area (Å²) in [6, 6.07) is 20.3. The minimum absolute atomic E-state index is 0.330. The van der Waals surface area contributed by atoms with E-state index in [4.69, 9.17) is 21.1 Å². The number of anilines is 1. The van der Waals surface area contributed by atoms with Gasteiger partial charge in [0.25, 0.3) is 11.1 Å². The highest BCUT2D eigenvalue weighted by molar-refractivity contribution is 14.1. The van der Waals surface area contributed by atoms with Gasteiger partial charge >= 0.3 is 0 Å². The second kappa shape index (κ2) is 10.6. The predicted octanol–water partition coefficient (Wildman–Crippen LogP) is 7.16. The molecule has 1 aliphatic heterocycles. The van der Waals surface area contributed by atoms with Crippen molar-refractivity contribution in [2.24, 2.45) is 0 Å². The minimum atomic E-state index is -0.385. The molecule has 0 unspecified atom stereocenters. The number of carbonyl (C=O) groups excluding carboxylic acids is 2. The van der Waals surface area contributed by atoms with Crippen LogP contribution in [0.4, 0.5) is 10.5 Å². The topological polar surface area (TPSA) is 55.8 Å². The molecule has 33 heavy (non-hydrogen) atoms. The fourth-order valence-corrected chi connectivity index (χ4v) is 5.07. The number of hydrogen-bond donors (Lipinski definition) is 0. The molecule has 4 rings (SSSR count). The number of benzene rings is 3. The summed E-state index contributed by atoms with van der Waals surface area (Å²) >= 11 is 9.12. The van der Waals surface area contributed by atoms with Crippen molar-refractivity contribution in [2.75, 3.05) is 11.5 Å². The van der Waals surface area contributed by atoms with Crippen molar-refractivity contribution in [3.63, 3.8) is 0 Å². The van der Waals surface area contributed by atoms with Gasteiger partial charge in [0.2, 0.25) is 0 Å². The largest absolute Gasteiger partial charge is 0.490 e. The Balaban J connectivity index is 1.61. The number of hydrogen-bond acceptors (Lipinski definition) is 5. The Morgan fingerprint density at radius 2 is 1.82 bits per heavy atom. The van der Waals surface area contributed by atoms with Crippen molar-refractivity contribution in [3.8, 4) is 11.5 Å². The maximum absolute atomic E-state index is 13.0. The molecule has 0 N–H and O–H groups in total. The van der Waals surface area contributed by atoms with Crippen molar-refractivity contribution >= 4 is 68.9 Å². The van der Waals surface area contributed by atoms with Gasteiger partial charge in [-0.1, -0.05) is 48.0 Å². The highest BCUT2D eigenvalue weighted by Crippen LogP contribution is 2.39. The second-order valence-electron chi connectivity index (χ2n) is 7.03. The first-order chi connectivity index (χ1) is 16.0. The molecule has 0 aromatic heterocycles. The number of thioether (sulfide) groups is 1. The van der Waals surface area contributed by atoms with Crippen molar-refractivity contribution in [2.45, 2.75) is 13.5 Å². The summed E-state index contributed by atoms with van der Waals surface area (Å²) in [6.45, 7) is 2.78. The first kappa shape index (κ1) is 23.7. The summed E-state index contributed by atoms with van der Waals surface area (Å²) < 4.78 is 12.7. The third kappa shape index (κ3) is 5.54. The van der Waals surface area contributed by atoms with Gasteiger partial charge in [-0.05, 0) is 88.8 Å². The molecule has 3 aromatic carbocycles. The Morgan fingerprint density at radius 3 is 2.55 bits per heavy atom. The van der Waals surface area contributed by atoms with Crippen molar-refractivity contribution in [1.29, 1.82) is 0 Å². The maximum atomic E-state index is 13.0. The monoisotopic (exact) mass is 591 g/mol. The molecule has 0 spiro atoms. The van der Waals surface area contributed by atoms with Crippen LogP contribution in [0.5, 0.6) is 11.5 Å². The molecule has 1 fully saturated rings. The van der Waals surface area contributed by atoms with E-state index in [-0.39, 0.29) is 11.1 Å². The molecule has 0 radical (unpaired) electrons. The van der Waals surface area contributed by atoms with E-state index in [0.29, 0.717) is 40.3 Å². The van der Waals surface area contributed by atoms with Crippen LogP contribution in [-0.4, -0.2) is 17.8 Å². The summed E-state index contributed by atoms with van der Waals surface area (Å²) in [4.78, 5) is 27.0. The normalized spacial score (nSPS) is 14.8. The SMILES string of the molecule is CCOc1cc(/C=C2/SC(=O)N(c3cccc(Cl)c3)C2=O)cc(I)c1OCc1ccccc1. The van der Waals surface area contributed by atoms with Gasteiger partial charge in [0, 0.05) is 5.02 Å². The molecule has 0 aliphatic carbocycles. The Labute approximate surface area is 214 Å². The quantitative estimate of drug-likeness (QED) is 0.216. The zero-order valence-corrected chi connectivity index (χ0v) is 21.3. The zero-order chi connectivity index (χ0) is 23.4. The fraction of sp³-hybridized carbons (Fsp3) is 0.120. The van der Waals surface area contributed by atoms with Gasteiger partial charge in [-0.3, -0.25) is 9.59 Å². The van der Waals surface area contributed by atoms with E-state index < -0.39 is 0 Å². The van der Waals surface area contributed by atoms with Crippen LogP contribution in [0.2, 0.25) is 5.02 Å². The summed E-state index contributed by atoms with van der Waals surface area (Å²) in [6.07, 6.45) is 1.70. The Hall–Kier alpha value is -2.49. The first-order valence-electron chi connectivity index (χ1n) is 10.1. The third-order valence-corrected chi connectivity index (χ3v) is 6.62. The number of nitrogens with zero attached hydrogens (tertiary/aromatic N) is 1. The molecule has 1 saturated heterocycles. The van der Waals surface area contributed by atoms with Crippen LogP contribution in [0.1, 0.15) is 18.1 Å². The molecule has 5 nitrogen and oxygen atoms in total. The van der Waals surface area contributed by atoms with Gasteiger partial charge in [-0.2, -0.15) is 0 Å². The maximum Gasteiger partial charge on any atom is 0.298 e.